The number of halogens is 1. The van der Waals surface area contributed by atoms with Crippen LogP contribution in [-0.2, 0) is 0 Å². The van der Waals surface area contributed by atoms with Crippen molar-refractivity contribution in [2.75, 3.05) is 27.3 Å². The third-order valence-electron chi connectivity index (χ3n) is 5.31. The quantitative estimate of drug-likeness (QED) is 0.571. The van der Waals surface area contributed by atoms with Crippen LogP contribution in [-0.4, -0.2) is 43.2 Å². The molecule has 1 unspecified atom stereocenters. The number of hydrogen-bond acceptors (Lipinski definition) is 5. The molecule has 0 aliphatic heterocycles. The Balaban J connectivity index is 2.16. The van der Waals surface area contributed by atoms with Gasteiger partial charge in [0.25, 0.3) is 5.91 Å². The molecule has 0 aliphatic carbocycles. The molecule has 2 aromatic carbocycles. The SMILES string of the molecule is CCN(CC)C(=O)c1cc(Cl)c2oc(C(O)c3ccc(OC)cc3)c(C)c2c1OC. The lowest BCUT2D eigenvalue weighted by atomic mass is 10.0. The maximum atomic E-state index is 13.0. The molecule has 0 aliphatic rings. The van der Waals surface area contributed by atoms with Gasteiger partial charge in [-0.3, -0.25) is 4.79 Å². The second-order valence-corrected chi connectivity index (χ2v) is 7.29. The topological polar surface area (TPSA) is 72.1 Å². The molecule has 160 valence electrons. The van der Waals surface area contributed by atoms with Crippen LogP contribution < -0.4 is 9.47 Å². The summed E-state index contributed by atoms with van der Waals surface area (Å²) in [6.45, 7) is 6.79. The lowest BCUT2D eigenvalue weighted by Crippen LogP contribution is -2.30. The summed E-state index contributed by atoms with van der Waals surface area (Å²) < 4.78 is 16.8. The van der Waals surface area contributed by atoms with E-state index in [2.05, 4.69) is 0 Å². The van der Waals surface area contributed by atoms with Gasteiger partial charge in [-0.2, -0.15) is 0 Å². The van der Waals surface area contributed by atoms with Crippen molar-refractivity contribution >= 4 is 28.5 Å². The summed E-state index contributed by atoms with van der Waals surface area (Å²) in [4.78, 5) is 14.7. The Morgan fingerprint density at radius 3 is 2.33 bits per heavy atom. The van der Waals surface area contributed by atoms with Gasteiger partial charge in [-0.05, 0) is 44.5 Å². The van der Waals surface area contributed by atoms with Crippen LogP contribution in [0.15, 0.2) is 34.7 Å². The van der Waals surface area contributed by atoms with E-state index in [0.717, 1.165) is 0 Å². The van der Waals surface area contributed by atoms with Gasteiger partial charge in [0.2, 0.25) is 0 Å². The van der Waals surface area contributed by atoms with E-state index in [1.54, 1.807) is 42.3 Å². The van der Waals surface area contributed by atoms with E-state index in [1.807, 2.05) is 20.8 Å². The molecule has 3 rings (SSSR count). The second kappa shape index (κ2) is 8.98. The molecule has 0 bridgehead atoms. The molecule has 1 aromatic heterocycles. The third-order valence-corrected chi connectivity index (χ3v) is 5.59. The lowest BCUT2D eigenvalue weighted by Gasteiger charge is -2.20. The third kappa shape index (κ3) is 3.73. The lowest BCUT2D eigenvalue weighted by molar-refractivity contribution is 0.0770. The van der Waals surface area contributed by atoms with Crippen LogP contribution in [0.5, 0.6) is 11.5 Å². The molecular formula is C23H26ClNO5. The van der Waals surface area contributed by atoms with Crippen LogP contribution in [0.4, 0.5) is 0 Å². The number of amides is 1. The predicted molar refractivity (Wildman–Crippen MR) is 117 cm³/mol. The summed E-state index contributed by atoms with van der Waals surface area (Å²) >= 11 is 6.48. The van der Waals surface area contributed by atoms with Crippen LogP contribution in [0.3, 0.4) is 0 Å². The molecule has 0 fully saturated rings. The van der Waals surface area contributed by atoms with Gasteiger partial charge in [0, 0.05) is 18.7 Å². The van der Waals surface area contributed by atoms with E-state index in [-0.39, 0.29) is 10.9 Å². The van der Waals surface area contributed by atoms with Gasteiger partial charge >= 0.3 is 0 Å². The highest BCUT2D eigenvalue weighted by molar-refractivity contribution is 6.36. The number of aryl methyl sites for hydroxylation is 1. The molecule has 6 nitrogen and oxygen atoms in total. The van der Waals surface area contributed by atoms with Crippen LogP contribution in [0, 0.1) is 6.92 Å². The molecule has 0 saturated carbocycles. The highest BCUT2D eigenvalue weighted by atomic mass is 35.5. The van der Waals surface area contributed by atoms with Gasteiger partial charge in [-0.15, -0.1) is 0 Å². The van der Waals surface area contributed by atoms with Crippen molar-refractivity contribution in [1.82, 2.24) is 4.90 Å². The highest BCUT2D eigenvalue weighted by Gasteiger charge is 2.28. The number of aliphatic hydroxyl groups is 1. The summed E-state index contributed by atoms with van der Waals surface area (Å²) in [7, 11) is 3.09. The van der Waals surface area contributed by atoms with Crippen LogP contribution in [0.1, 0.15) is 47.2 Å². The maximum absolute atomic E-state index is 13.0. The van der Waals surface area contributed by atoms with Crippen molar-refractivity contribution in [3.63, 3.8) is 0 Å². The van der Waals surface area contributed by atoms with E-state index in [1.165, 1.54) is 7.11 Å². The van der Waals surface area contributed by atoms with E-state index in [4.69, 9.17) is 25.5 Å². The molecule has 1 heterocycles. The standard InChI is InChI=1S/C23H26ClNO5/c1-6-25(7-2)23(27)16-12-17(24)22-18(21(16)29-5)13(3)20(30-22)19(26)14-8-10-15(28-4)11-9-14/h8-12,19,26H,6-7H2,1-5H3. The molecule has 3 aromatic rings. The second-order valence-electron chi connectivity index (χ2n) is 6.89. The molecular weight excluding hydrogens is 406 g/mol. The number of fused-ring (bicyclic) bond motifs is 1. The first kappa shape index (κ1) is 22.0. The highest BCUT2D eigenvalue weighted by Crippen LogP contribution is 2.43. The van der Waals surface area contributed by atoms with Crippen molar-refractivity contribution in [2.45, 2.75) is 26.9 Å². The molecule has 0 radical (unpaired) electrons. The minimum atomic E-state index is -1.01. The first-order valence-corrected chi connectivity index (χ1v) is 10.2. The Labute approximate surface area is 180 Å². The van der Waals surface area contributed by atoms with Gasteiger partial charge < -0.3 is 23.9 Å². The molecule has 30 heavy (non-hydrogen) atoms. The van der Waals surface area contributed by atoms with Gasteiger partial charge in [0.05, 0.1) is 30.2 Å². The molecule has 1 amide bonds. The average molecular weight is 432 g/mol. The van der Waals surface area contributed by atoms with Crippen molar-refractivity contribution in [3.05, 3.63) is 57.8 Å². The summed E-state index contributed by atoms with van der Waals surface area (Å²) in [5.41, 5.74) is 2.06. The van der Waals surface area contributed by atoms with E-state index in [0.29, 0.717) is 58.0 Å². The van der Waals surface area contributed by atoms with Crippen molar-refractivity contribution in [3.8, 4) is 11.5 Å². The van der Waals surface area contributed by atoms with Crippen molar-refractivity contribution in [2.24, 2.45) is 0 Å². The van der Waals surface area contributed by atoms with Gasteiger partial charge in [-0.1, -0.05) is 23.7 Å². The van der Waals surface area contributed by atoms with E-state index < -0.39 is 6.10 Å². The fraction of sp³-hybridized carbons (Fsp3) is 0.348. The Morgan fingerprint density at radius 2 is 1.80 bits per heavy atom. The van der Waals surface area contributed by atoms with Crippen LogP contribution >= 0.6 is 11.6 Å². The average Bonchev–Trinajstić information content (AvgIpc) is 3.12. The molecule has 1 N–H and O–H groups in total. The van der Waals surface area contributed by atoms with Crippen molar-refractivity contribution in [1.29, 1.82) is 0 Å². The zero-order valence-corrected chi connectivity index (χ0v) is 18.5. The smallest absolute Gasteiger partial charge is 0.257 e. The number of aliphatic hydroxyl groups excluding tert-OH is 1. The zero-order valence-electron chi connectivity index (χ0n) is 17.8. The Hall–Kier alpha value is -2.70. The minimum Gasteiger partial charge on any atom is -0.497 e. The summed E-state index contributed by atoms with van der Waals surface area (Å²) in [5, 5.41) is 11.8. The number of rotatable bonds is 7. The first-order chi connectivity index (χ1) is 14.4. The number of carbonyl (C=O) groups is 1. The number of methoxy groups -OCH3 is 2. The Bertz CT molecular complexity index is 1050. The number of ether oxygens (including phenoxy) is 2. The summed E-state index contributed by atoms with van der Waals surface area (Å²) in [6, 6.07) is 8.64. The van der Waals surface area contributed by atoms with E-state index in [9.17, 15) is 9.90 Å². The largest absolute Gasteiger partial charge is 0.497 e. The fourth-order valence-corrected chi connectivity index (χ4v) is 3.86. The van der Waals surface area contributed by atoms with Gasteiger partial charge in [-0.25, -0.2) is 0 Å². The zero-order chi connectivity index (χ0) is 22.0. The summed E-state index contributed by atoms with van der Waals surface area (Å²) in [6.07, 6.45) is -1.01. The van der Waals surface area contributed by atoms with Crippen LogP contribution in [0.25, 0.3) is 11.0 Å². The van der Waals surface area contributed by atoms with Gasteiger partial charge in [0.1, 0.15) is 23.4 Å². The fourth-order valence-electron chi connectivity index (χ4n) is 3.62. The molecule has 0 spiro atoms. The number of furan rings is 1. The van der Waals surface area contributed by atoms with Gasteiger partial charge in [0.15, 0.2) is 5.58 Å². The predicted octanol–water partition coefficient (Wildman–Crippen LogP) is 4.98. The number of carbonyl (C=O) groups excluding carboxylic acids is 1. The van der Waals surface area contributed by atoms with Crippen LogP contribution in [0.2, 0.25) is 5.02 Å². The Kier molecular flexibility index (Phi) is 6.58. The Morgan fingerprint density at radius 1 is 1.17 bits per heavy atom. The normalized spacial score (nSPS) is 12.1. The first-order valence-electron chi connectivity index (χ1n) is 9.78. The monoisotopic (exact) mass is 431 g/mol. The number of nitrogens with zero attached hydrogens (tertiary/aromatic N) is 1. The number of benzene rings is 2. The molecule has 0 saturated heterocycles. The molecule has 1 atom stereocenters. The number of hydrogen-bond donors (Lipinski definition) is 1. The molecule has 7 heteroatoms. The van der Waals surface area contributed by atoms with E-state index >= 15 is 0 Å². The van der Waals surface area contributed by atoms with Crippen molar-refractivity contribution < 1.29 is 23.8 Å². The maximum Gasteiger partial charge on any atom is 0.257 e. The minimum absolute atomic E-state index is 0.168. The summed E-state index contributed by atoms with van der Waals surface area (Å²) in [5.74, 6) is 1.26.